The van der Waals surface area contributed by atoms with Crippen molar-refractivity contribution in [2.75, 3.05) is 11.4 Å². The second-order valence-corrected chi connectivity index (χ2v) is 5.17. The summed E-state index contributed by atoms with van der Waals surface area (Å²) < 4.78 is 0. The summed E-state index contributed by atoms with van der Waals surface area (Å²) in [5.41, 5.74) is 4.11. The minimum atomic E-state index is -0.436. The van der Waals surface area contributed by atoms with Crippen molar-refractivity contribution in [3.05, 3.63) is 69.3 Å². The third-order valence-corrected chi connectivity index (χ3v) is 3.92. The number of aliphatic hydroxyl groups is 1. The van der Waals surface area contributed by atoms with Crippen LogP contribution in [0.1, 0.15) is 16.7 Å². The quantitative estimate of drug-likeness (QED) is 0.695. The molecule has 5 nitrogen and oxygen atoms in total. The lowest BCUT2D eigenvalue weighted by Crippen LogP contribution is -2.31. The van der Waals surface area contributed by atoms with Gasteiger partial charge in [-0.05, 0) is 23.6 Å². The Morgan fingerprint density at radius 2 is 1.95 bits per heavy atom. The third kappa shape index (κ3) is 2.60. The summed E-state index contributed by atoms with van der Waals surface area (Å²) in [5.74, 6) is 0. The molecule has 0 aromatic heterocycles. The molecular weight excluding hydrogens is 268 g/mol. The van der Waals surface area contributed by atoms with Gasteiger partial charge in [0.15, 0.2) is 0 Å². The van der Waals surface area contributed by atoms with Crippen molar-refractivity contribution in [1.29, 1.82) is 0 Å². The molecule has 0 radical (unpaired) electrons. The fourth-order valence-electron chi connectivity index (χ4n) is 2.82. The summed E-state index contributed by atoms with van der Waals surface area (Å²) in [6, 6.07) is 13.0. The van der Waals surface area contributed by atoms with E-state index >= 15 is 0 Å². The van der Waals surface area contributed by atoms with E-state index in [-0.39, 0.29) is 12.3 Å². The van der Waals surface area contributed by atoms with Crippen LogP contribution in [0.25, 0.3) is 0 Å². The largest absolute Gasteiger partial charge is 0.392 e. The van der Waals surface area contributed by atoms with Gasteiger partial charge in [-0.1, -0.05) is 24.3 Å². The summed E-state index contributed by atoms with van der Waals surface area (Å²) in [6.07, 6.45) is 0.942. The molecule has 1 heterocycles. The van der Waals surface area contributed by atoms with Crippen molar-refractivity contribution in [2.45, 2.75) is 19.6 Å². The second-order valence-electron chi connectivity index (χ2n) is 5.17. The van der Waals surface area contributed by atoms with Crippen molar-refractivity contribution in [1.82, 2.24) is 0 Å². The van der Waals surface area contributed by atoms with Crippen molar-refractivity contribution < 1.29 is 10.0 Å². The molecule has 0 bridgehead atoms. The highest BCUT2D eigenvalue weighted by Gasteiger charge is 2.19. The van der Waals surface area contributed by atoms with Gasteiger partial charge in [-0.2, -0.15) is 0 Å². The van der Waals surface area contributed by atoms with Crippen LogP contribution < -0.4 is 4.90 Å². The predicted octanol–water partition coefficient (Wildman–Crippen LogP) is 2.65. The van der Waals surface area contributed by atoms with Crippen LogP contribution in [0.15, 0.2) is 42.5 Å². The molecule has 0 fully saturated rings. The summed E-state index contributed by atoms with van der Waals surface area (Å²) in [4.78, 5) is 12.6. The van der Waals surface area contributed by atoms with Crippen LogP contribution >= 0.6 is 0 Å². The smallest absolute Gasteiger partial charge is 0.269 e. The summed E-state index contributed by atoms with van der Waals surface area (Å²) >= 11 is 0. The lowest BCUT2D eigenvalue weighted by atomic mass is 9.98. The van der Waals surface area contributed by atoms with Crippen LogP contribution in [-0.4, -0.2) is 16.6 Å². The van der Waals surface area contributed by atoms with E-state index in [1.54, 1.807) is 6.07 Å². The average molecular weight is 284 g/mol. The molecule has 2 aromatic carbocycles. The Balaban J connectivity index is 1.93. The summed E-state index contributed by atoms with van der Waals surface area (Å²) in [7, 11) is 0. The first-order valence-corrected chi connectivity index (χ1v) is 6.89. The molecule has 21 heavy (non-hydrogen) atoms. The molecule has 0 saturated carbocycles. The Bertz CT molecular complexity index is 685. The molecular formula is C16H16N2O3. The highest BCUT2D eigenvalue weighted by Crippen LogP contribution is 2.30. The molecule has 3 rings (SSSR count). The van der Waals surface area contributed by atoms with Crippen molar-refractivity contribution >= 4 is 11.4 Å². The highest BCUT2D eigenvalue weighted by atomic mass is 16.6. The lowest BCUT2D eigenvalue weighted by molar-refractivity contribution is -0.384. The van der Waals surface area contributed by atoms with Crippen LogP contribution in [0.4, 0.5) is 11.4 Å². The van der Waals surface area contributed by atoms with Gasteiger partial charge in [-0.25, -0.2) is 0 Å². The van der Waals surface area contributed by atoms with E-state index in [1.807, 2.05) is 12.1 Å². The lowest BCUT2D eigenvalue weighted by Gasteiger charge is -2.32. The van der Waals surface area contributed by atoms with Crippen LogP contribution in [0.2, 0.25) is 0 Å². The van der Waals surface area contributed by atoms with Crippen LogP contribution in [0.3, 0.4) is 0 Å². The molecule has 1 aliphatic rings. The Morgan fingerprint density at radius 3 is 2.67 bits per heavy atom. The Morgan fingerprint density at radius 1 is 1.19 bits per heavy atom. The molecule has 108 valence electrons. The van der Waals surface area contributed by atoms with Crippen molar-refractivity contribution in [3.8, 4) is 0 Å². The maximum Gasteiger partial charge on any atom is 0.269 e. The standard InChI is InChI=1S/C16H16N2O3/c19-11-14-9-15(18(20)21)5-6-16(14)17-8-7-12-3-1-2-4-13(12)10-17/h1-6,9,19H,7-8,10-11H2. The van der Waals surface area contributed by atoms with E-state index in [4.69, 9.17) is 0 Å². The number of non-ortho nitro benzene ring substituents is 1. The minimum Gasteiger partial charge on any atom is -0.392 e. The van der Waals surface area contributed by atoms with E-state index in [0.717, 1.165) is 25.2 Å². The number of anilines is 1. The Hall–Kier alpha value is -2.40. The first-order valence-electron chi connectivity index (χ1n) is 6.89. The van der Waals surface area contributed by atoms with Crippen LogP contribution in [0.5, 0.6) is 0 Å². The number of rotatable bonds is 3. The second kappa shape index (κ2) is 5.54. The number of nitro benzene ring substituents is 1. The minimum absolute atomic E-state index is 0.0141. The summed E-state index contributed by atoms with van der Waals surface area (Å²) in [5, 5.41) is 20.3. The van der Waals surface area contributed by atoms with E-state index in [1.165, 1.54) is 23.3 Å². The molecule has 0 amide bonds. The third-order valence-electron chi connectivity index (χ3n) is 3.92. The molecule has 1 N–H and O–H groups in total. The molecule has 0 saturated heterocycles. The maximum atomic E-state index is 10.8. The number of nitrogens with zero attached hydrogens (tertiary/aromatic N) is 2. The van der Waals surface area contributed by atoms with Gasteiger partial charge in [0.25, 0.3) is 5.69 Å². The molecule has 0 spiro atoms. The zero-order valence-corrected chi connectivity index (χ0v) is 11.5. The zero-order valence-electron chi connectivity index (χ0n) is 11.5. The van der Waals surface area contributed by atoms with Crippen LogP contribution in [0, 0.1) is 10.1 Å². The zero-order chi connectivity index (χ0) is 14.8. The van der Waals surface area contributed by atoms with E-state index in [2.05, 4.69) is 17.0 Å². The van der Waals surface area contributed by atoms with Crippen molar-refractivity contribution in [2.24, 2.45) is 0 Å². The molecule has 0 aliphatic carbocycles. The topological polar surface area (TPSA) is 66.6 Å². The van der Waals surface area contributed by atoms with Gasteiger partial charge in [0.05, 0.1) is 11.5 Å². The predicted molar refractivity (Wildman–Crippen MR) is 80.2 cm³/mol. The fraction of sp³-hybridized carbons (Fsp3) is 0.250. The monoisotopic (exact) mass is 284 g/mol. The molecule has 1 aliphatic heterocycles. The number of hydrogen-bond donors (Lipinski definition) is 1. The maximum absolute atomic E-state index is 10.8. The number of benzene rings is 2. The number of fused-ring (bicyclic) bond motifs is 1. The van der Waals surface area contributed by atoms with Gasteiger partial charge in [-0.15, -0.1) is 0 Å². The molecule has 5 heteroatoms. The van der Waals surface area contributed by atoms with Gasteiger partial charge in [-0.3, -0.25) is 10.1 Å². The molecule has 0 atom stereocenters. The van der Waals surface area contributed by atoms with E-state index < -0.39 is 4.92 Å². The summed E-state index contributed by atoms with van der Waals surface area (Å²) in [6.45, 7) is 1.41. The van der Waals surface area contributed by atoms with E-state index in [9.17, 15) is 15.2 Å². The normalized spacial score (nSPS) is 13.9. The Kier molecular flexibility index (Phi) is 3.58. The molecule has 0 unspecified atom stereocenters. The van der Waals surface area contributed by atoms with Gasteiger partial charge in [0.2, 0.25) is 0 Å². The van der Waals surface area contributed by atoms with Gasteiger partial charge in [0, 0.05) is 36.5 Å². The first-order chi connectivity index (χ1) is 10.2. The number of hydrogen-bond acceptors (Lipinski definition) is 4. The SMILES string of the molecule is O=[N+]([O-])c1ccc(N2CCc3ccccc3C2)c(CO)c1. The fourth-order valence-corrected chi connectivity index (χ4v) is 2.82. The van der Waals surface area contributed by atoms with Gasteiger partial charge < -0.3 is 10.0 Å². The van der Waals surface area contributed by atoms with E-state index in [0.29, 0.717) is 5.56 Å². The molecule has 2 aromatic rings. The van der Waals surface area contributed by atoms with Gasteiger partial charge in [0.1, 0.15) is 0 Å². The highest BCUT2D eigenvalue weighted by molar-refractivity contribution is 5.59. The van der Waals surface area contributed by atoms with Crippen molar-refractivity contribution in [3.63, 3.8) is 0 Å². The average Bonchev–Trinajstić information content (AvgIpc) is 2.53. The first kappa shape index (κ1) is 13.6. The van der Waals surface area contributed by atoms with Crippen LogP contribution in [-0.2, 0) is 19.6 Å². The Labute approximate surface area is 122 Å². The van der Waals surface area contributed by atoms with Gasteiger partial charge >= 0.3 is 0 Å². The number of aliphatic hydroxyl groups excluding tert-OH is 1. The number of nitro groups is 1.